The molecule has 0 saturated carbocycles. The monoisotopic (exact) mass is 660 g/mol. The summed E-state index contributed by atoms with van der Waals surface area (Å²) in [7, 11) is 6.70. The van der Waals surface area contributed by atoms with Crippen molar-refractivity contribution in [1.82, 2.24) is 0 Å². The van der Waals surface area contributed by atoms with Gasteiger partial charge < -0.3 is 18.9 Å². The number of hydrogen-bond acceptors (Lipinski definition) is 6. The molecule has 0 unspecified atom stereocenters. The zero-order chi connectivity index (χ0) is 35.0. The molecule has 0 fully saturated rings. The number of hydrogen-bond donors (Lipinski definition) is 0. The summed E-state index contributed by atoms with van der Waals surface area (Å²) in [6, 6.07) is 44.8. The zero-order valence-electron chi connectivity index (χ0n) is 29.2. The fraction of sp³-hybridized carbons (Fsp3) is 0.136. The Labute approximate surface area is 294 Å². The van der Waals surface area contributed by atoms with Crippen LogP contribution in [-0.4, -0.2) is 39.9 Å². The molecule has 6 aromatic rings. The molecule has 0 bridgehead atoms. The van der Waals surface area contributed by atoms with Gasteiger partial charge in [0.25, 0.3) is 0 Å². The Morgan fingerprint density at radius 1 is 0.340 bits per heavy atom. The van der Waals surface area contributed by atoms with Crippen molar-refractivity contribution in [2.24, 2.45) is 9.98 Å². The first kappa shape index (κ1) is 33.7. The first-order valence-corrected chi connectivity index (χ1v) is 16.4. The van der Waals surface area contributed by atoms with Crippen LogP contribution < -0.4 is 18.9 Å². The van der Waals surface area contributed by atoms with Crippen molar-refractivity contribution < 1.29 is 18.9 Å². The number of benzene rings is 6. The van der Waals surface area contributed by atoms with E-state index in [0.717, 1.165) is 90.3 Å². The molecule has 50 heavy (non-hydrogen) atoms. The highest BCUT2D eigenvalue weighted by Crippen LogP contribution is 2.42. The lowest BCUT2D eigenvalue weighted by Crippen LogP contribution is -2.05. The maximum Gasteiger partial charge on any atom is 0.118 e. The first-order chi connectivity index (χ1) is 24.4. The Balaban J connectivity index is 1.52. The first-order valence-electron chi connectivity index (χ1n) is 16.4. The Morgan fingerprint density at radius 3 is 0.760 bits per heavy atom. The Hall–Kier alpha value is -6.14. The minimum absolute atomic E-state index is 0.797. The van der Waals surface area contributed by atoms with Crippen LogP contribution in [0.15, 0.2) is 143 Å². The van der Waals surface area contributed by atoms with E-state index in [1.54, 1.807) is 28.4 Å². The van der Waals surface area contributed by atoms with Crippen LogP contribution in [0.4, 0.5) is 11.4 Å². The van der Waals surface area contributed by atoms with Crippen LogP contribution in [0.2, 0.25) is 0 Å². The van der Waals surface area contributed by atoms with Gasteiger partial charge in [0.2, 0.25) is 0 Å². The lowest BCUT2D eigenvalue weighted by molar-refractivity contribution is 0.415. The van der Waals surface area contributed by atoms with Crippen LogP contribution >= 0.6 is 0 Å². The van der Waals surface area contributed by atoms with Gasteiger partial charge in [0.1, 0.15) is 23.0 Å². The maximum absolute atomic E-state index is 5.44. The third-order valence-corrected chi connectivity index (χ3v) is 8.76. The standard InChI is InChI=1S/C44H40N2O4/c1-29(45-43-39(31-13-21-35(47-3)22-14-31)9-7-10-40(43)32-15-23-36(48-4)24-16-32)30(2)46-44-41(33-17-25-37(49-5)26-18-33)11-8-12-42(44)34-19-27-38(50-6)28-20-34/h7-28H,1-6H3. The average molecular weight is 661 g/mol. The zero-order valence-corrected chi connectivity index (χ0v) is 29.2. The second kappa shape index (κ2) is 15.4. The van der Waals surface area contributed by atoms with Gasteiger partial charge in [-0.2, -0.15) is 0 Å². The second-order valence-corrected chi connectivity index (χ2v) is 11.7. The van der Waals surface area contributed by atoms with Crippen LogP contribution in [0, 0.1) is 0 Å². The molecule has 0 aliphatic rings. The number of rotatable bonds is 11. The number of para-hydroxylation sites is 2. The molecule has 6 rings (SSSR count). The molecule has 250 valence electrons. The van der Waals surface area contributed by atoms with Crippen molar-refractivity contribution in [2.75, 3.05) is 28.4 Å². The highest BCUT2D eigenvalue weighted by atomic mass is 16.5. The molecule has 0 aromatic heterocycles. The van der Waals surface area contributed by atoms with Gasteiger partial charge >= 0.3 is 0 Å². The lowest BCUT2D eigenvalue weighted by atomic mass is 9.95. The minimum Gasteiger partial charge on any atom is -0.497 e. The van der Waals surface area contributed by atoms with Crippen molar-refractivity contribution in [3.63, 3.8) is 0 Å². The van der Waals surface area contributed by atoms with Crippen molar-refractivity contribution in [2.45, 2.75) is 13.8 Å². The fourth-order valence-corrected chi connectivity index (χ4v) is 5.84. The van der Waals surface area contributed by atoms with Crippen molar-refractivity contribution in [3.05, 3.63) is 133 Å². The molecule has 0 aliphatic carbocycles. The number of aliphatic imine (C=N–C) groups is 2. The summed E-state index contributed by atoms with van der Waals surface area (Å²) >= 11 is 0. The molecule has 6 heteroatoms. The SMILES string of the molecule is COc1ccc(-c2cccc(-c3ccc(OC)cc3)c2N=C(C)C(C)=Nc2c(-c3ccc(OC)cc3)cccc2-c2ccc(OC)cc2)cc1. The largest absolute Gasteiger partial charge is 0.497 e. The van der Waals surface area contributed by atoms with Crippen LogP contribution in [0.5, 0.6) is 23.0 Å². The Kier molecular flexibility index (Phi) is 10.4. The fourth-order valence-electron chi connectivity index (χ4n) is 5.84. The van der Waals surface area contributed by atoms with Crippen LogP contribution in [0.25, 0.3) is 44.5 Å². The summed E-state index contributed by atoms with van der Waals surface area (Å²) in [5.41, 5.74) is 11.5. The molecule has 0 amide bonds. The van der Waals surface area contributed by atoms with E-state index in [1.165, 1.54) is 0 Å². The van der Waals surface area contributed by atoms with Crippen molar-refractivity contribution in [1.29, 1.82) is 0 Å². The third kappa shape index (κ3) is 7.30. The summed E-state index contributed by atoms with van der Waals surface area (Å²) in [4.78, 5) is 10.7. The van der Waals surface area contributed by atoms with Gasteiger partial charge in [-0.15, -0.1) is 0 Å². The lowest BCUT2D eigenvalue weighted by Gasteiger charge is -2.16. The van der Waals surface area contributed by atoms with E-state index >= 15 is 0 Å². The van der Waals surface area contributed by atoms with Gasteiger partial charge in [0.05, 0.1) is 51.2 Å². The summed E-state index contributed by atoms with van der Waals surface area (Å²) < 4.78 is 21.8. The maximum atomic E-state index is 5.44. The molecule has 0 N–H and O–H groups in total. The summed E-state index contributed by atoms with van der Waals surface area (Å²) in [6.45, 7) is 4.04. The molecule has 6 nitrogen and oxygen atoms in total. The molecular formula is C44H40N2O4. The highest BCUT2D eigenvalue weighted by molar-refractivity contribution is 6.42. The normalized spacial score (nSPS) is 11.6. The van der Waals surface area contributed by atoms with E-state index in [1.807, 2.05) is 62.4 Å². The van der Waals surface area contributed by atoms with E-state index in [0.29, 0.717) is 0 Å². The minimum atomic E-state index is 0.797. The van der Waals surface area contributed by atoms with E-state index in [4.69, 9.17) is 28.9 Å². The van der Waals surface area contributed by atoms with E-state index in [-0.39, 0.29) is 0 Å². The van der Waals surface area contributed by atoms with Crippen molar-refractivity contribution in [3.8, 4) is 67.5 Å². The predicted molar refractivity (Wildman–Crippen MR) is 206 cm³/mol. The predicted octanol–water partition coefficient (Wildman–Crippen LogP) is 11.3. The van der Waals surface area contributed by atoms with Gasteiger partial charge in [-0.05, 0) is 84.6 Å². The van der Waals surface area contributed by atoms with E-state index in [2.05, 4.69) is 84.9 Å². The number of nitrogens with zero attached hydrogens (tertiary/aromatic N) is 2. The van der Waals surface area contributed by atoms with E-state index < -0.39 is 0 Å². The second-order valence-electron chi connectivity index (χ2n) is 11.7. The van der Waals surface area contributed by atoms with Crippen LogP contribution in [0.3, 0.4) is 0 Å². The molecule has 0 aliphatic heterocycles. The van der Waals surface area contributed by atoms with Crippen molar-refractivity contribution >= 4 is 22.8 Å². The van der Waals surface area contributed by atoms with Crippen LogP contribution in [-0.2, 0) is 0 Å². The smallest absolute Gasteiger partial charge is 0.118 e. The van der Waals surface area contributed by atoms with Gasteiger partial charge in [0, 0.05) is 22.3 Å². The molecule has 6 aromatic carbocycles. The summed E-state index contributed by atoms with van der Waals surface area (Å²) in [6.07, 6.45) is 0. The average Bonchev–Trinajstić information content (AvgIpc) is 3.18. The van der Waals surface area contributed by atoms with Gasteiger partial charge in [-0.1, -0.05) is 84.9 Å². The molecule has 0 saturated heterocycles. The summed E-state index contributed by atoms with van der Waals surface area (Å²) in [5, 5.41) is 0. The third-order valence-electron chi connectivity index (χ3n) is 8.76. The van der Waals surface area contributed by atoms with E-state index in [9.17, 15) is 0 Å². The van der Waals surface area contributed by atoms with Gasteiger partial charge in [-0.25, -0.2) is 0 Å². The molecule has 0 radical (unpaired) electrons. The molecule has 0 heterocycles. The topological polar surface area (TPSA) is 61.6 Å². The summed E-state index contributed by atoms with van der Waals surface area (Å²) in [5.74, 6) is 3.19. The Morgan fingerprint density at radius 2 is 0.560 bits per heavy atom. The molecular weight excluding hydrogens is 620 g/mol. The quantitative estimate of drug-likeness (QED) is 0.130. The van der Waals surface area contributed by atoms with Gasteiger partial charge in [-0.3, -0.25) is 9.98 Å². The number of ether oxygens (including phenoxy) is 4. The van der Waals surface area contributed by atoms with Gasteiger partial charge in [0.15, 0.2) is 0 Å². The number of methoxy groups -OCH3 is 4. The molecule has 0 spiro atoms. The highest BCUT2D eigenvalue weighted by Gasteiger charge is 2.16. The van der Waals surface area contributed by atoms with Crippen LogP contribution in [0.1, 0.15) is 13.8 Å². The Bertz CT molecular complexity index is 1840. The molecule has 0 atom stereocenters.